The Labute approximate surface area is 95.2 Å². The lowest BCUT2D eigenvalue weighted by Gasteiger charge is -1.95. The van der Waals surface area contributed by atoms with Crippen LogP contribution in [0.5, 0.6) is 0 Å². The van der Waals surface area contributed by atoms with Crippen LogP contribution in [-0.4, -0.2) is 14.6 Å². The van der Waals surface area contributed by atoms with Gasteiger partial charge in [0.05, 0.1) is 4.88 Å². The zero-order valence-corrected chi connectivity index (χ0v) is 9.41. The molecule has 0 unspecified atom stereocenters. The average molecular weight is 231 g/mol. The lowest BCUT2D eigenvalue weighted by Crippen LogP contribution is -2.09. The predicted octanol–water partition coefficient (Wildman–Crippen LogP) is 2.06. The van der Waals surface area contributed by atoms with Crippen molar-refractivity contribution in [3.8, 4) is 10.6 Å². The summed E-state index contributed by atoms with van der Waals surface area (Å²) in [5.41, 5.74) is 2.36. The van der Waals surface area contributed by atoms with Crippen molar-refractivity contribution in [2.45, 2.75) is 6.92 Å². The SMILES string of the molecule is Cc1cc(=O)[nH]c2cc(-c3cccs3)nn12. The van der Waals surface area contributed by atoms with Crippen molar-refractivity contribution in [1.82, 2.24) is 14.6 Å². The molecule has 3 rings (SSSR count). The van der Waals surface area contributed by atoms with E-state index in [-0.39, 0.29) is 5.56 Å². The van der Waals surface area contributed by atoms with Gasteiger partial charge in [0.2, 0.25) is 0 Å². The first kappa shape index (κ1) is 9.35. The Kier molecular flexibility index (Phi) is 1.94. The first-order chi connectivity index (χ1) is 7.74. The summed E-state index contributed by atoms with van der Waals surface area (Å²) in [7, 11) is 0. The highest BCUT2D eigenvalue weighted by molar-refractivity contribution is 7.13. The largest absolute Gasteiger partial charge is 0.307 e. The van der Waals surface area contributed by atoms with E-state index in [0.717, 1.165) is 21.9 Å². The van der Waals surface area contributed by atoms with Gasteiger partial charge in [-0.25, -0.2) is 4.52 Å². The van der Waals surface area contributed by atoms with Gasteiger partial charge in [0, 0.05) is 17.8 Å². The number of rotatable bonds is 1. The Bertz CT molecular complexity index is 694. The lowest BCUT2D eigenvalue weighted by atomic mass is 10.3. The molecular weight excluding hydrogens is 222 g/mol. The highest BCUT2D eigenvalue weighted by atomic mass is 32.1. The molecule has 0 bridgehead atoms. The zero-order valence-electron chi connectivity index (χ0n) is 8.60. The van der Waals surface area contributed by atoms with Crippen molar-refractivity contribution in [2.75, 3.05) is 0 Å². The molecule has 80 valence electrons. The molecule has 0 saturated carbocycles. The first-order valence-corrected chi connectivity index (χ1v) is 5.75. The maximum absolute atomic E-state index is 11.3. The summed E-state index contributed by atoms with van der Waals surface area (Å²) < 4.78 is 1.75. The van der Waals surface area contributed by atoms with Gasteiger partial charge < -0.3 is 4.98 Å². The van der Waals surface area contributed by atoms with E-state index in [0.29, 0.717) is 0 Å². The summed E-state index contributed by atoms with van der Waals surface area (Å²) in [5.74, 6) is 0. The van der Waals surface area contributed by atoms with Gasteiger partial charge in [-0.3, -0.25) is 4.79 Å². The molecule has 0 atom stereocenters. The van der Waals surface area contributed by atoms with Gasteiger partial charge in [-0.15, -0.1) is 11.3 Å². The second-order valence-electron chi connectivity index (χ2n) is 3.58. The normalized spacial score (nSPS) is 11.1. The summed E-state index contributed by atoms with van der Waals surface area (Å²) in [6.45, 7) is 1.87. The minimum absolute atomic E-state index is 0.0948. The molecule has 16 heavy (non-hydrogen) atoms. The van der Waals surface area contributed by atoms with Crippen molar-refractivity contribution < 1.29 is 0 Å². The van der Waals surface area contributed by atoms with Crippen LogP contribution in [-0.2, 0) is 0 Å². The maximum atomic E-state index is 11.3. The van der Waals surface area contributed by atoms with Crippen LogP contribution in [0.2, 0.25) is 0 Å². The van der Waals surface area contributed by atoms with Crippen molar-refractivity contribution in [3.63, 3.8) is 0 Å². The molecule has 0 aliphatic heterocycles. The lowest BCUT2D eigenvalue weighted by molar-refractivity contribution is 0.891. The molecule has 0 spiro atoms. The minimum atomic E-state index is -0.0948. The van der Waals surface area contributed by atoms with Gasteiger partial charge in [-0.05, 0) is 18.4 Å². The number of nitrogens with one attached hydrogen (secondary N) is 1. The van der Waals surface area contributed by atoms with Gasteiger partial charge in [-0.1, -0.05) is 6.07 Å². The Morgan fingerprint density at radius 3 is 3.06 bits per heavy atom. The van der Waals surface area contributed by atoms with Crippen molar-refractivity contribution >= 4 is 17.0 Å². The summed E-state index contributed by atoms with van der Waals surface area (Å²) in [4.78, 5) is 15.2. The topological polar surface area (TPSA) is 50.2 Å². The molecule has 1 N–H and O–H groups in total. The van der Waals surface area contributed by atoms with Gasteiger partial charge in [0.15, 0.2) is 0 Å². The van der Waals surface area contributed by atoms with Crippen LogP contribution in [0.25, 0.3) is 16.2 Å². The average Bonchev–Trinajstić information content (AvgIpc) is 2.82. The van der Waals surface area contributed by atoms with E-state index >= 15 is 0 Å². The molecule has 0 aliphatic carbocycles. The summed E-state index contributed by atoms with van der Waals surface area (Å²) in [5, 5.41) is 6.46. The highest BCUT2D eigenvalue weighted by Gasteiger charge is 2.07. The van der Waals surface area contributed by atoms with Crippen LogP contribution in [0.4, 0.5) is 0 Å². The fraction of sp³-hybridized carbons (Fsp3) is 0.0909. The van der Waals surface area contributed by atoms with Gasteiger partial charge in [0.1, 0.15) is 11.3 Å². The van der Waals surface area contributed by atoms with Crippen molar-refractivity contribution in [2.24, 2.45) is 0 Å². The number of aryl methyl sites for hydroxylation is 1. The third-order valence-corrected chi connectivity index (χ3v) is 3.30. The van der Waals surface area contributed by atoms with E-state index < -0.39 is 0 Å². The molecule has 0 aliphatic rings. The van der Waals surface area contributed by atoms with E-state index in [1.807, 2.05) is 30.5 Å². The Morgan fingerprint density at radius 1 is 1.44 bits per heavy atom. The van der Waals surface area contributed by atoms with E-state index in [2.05, 4.69) is 10.1 Å². The summed E-state index contributed by atoms with van der Waals surface area (Å²) >= 11 is 1.63. The molecule has 5 heteroatoms. The minimum Gasteiger partial charge on any atom is -0.307 e. The number of thiophene rings is 1. The van der Waals surface area contributed by atoms with Gasteiger partial charge >= 0.3 is 0 Å². The van der Waals surface area contributed by atoms with E-state index in [1.54, 1.807) is 15.9 Å². The fourth-order valence-corrected chi connectivity index (χ4v) is 2.38. The molecule has 3 aromatic rings. The maximum Gasteiger partial charge on any atom is 0.251 e. The number of hydrogen-bond acceptors (Lipinski definition) is 3. The van der Waals surface area contributed by atoms with E-state index in [1.165, 1.54) is 6.07 Å². The Morgan fingerprint density at radius 2 is 2.31 bits per heavy atom. The molecule has 0 aromatic carbocycles. The van der Waals surface area contributed by atoms with Crippen LogP contribution < -0.4 is 5.56 Å². The standard InChI is InChI=1S/C11H9N3OS/c1-7-5-11(15)12-10-6-8(13-14(7)10)9-3-2-4-16-9/h2-6H,1H3,(H,12,15). The van der Waals surface area contributed by atoms with Crippen LogP contribution in [0.15, 0.2) is 34.4 Å². The molecule has 0 radical (unpaired) electrons. The molecule has 0 saturated heterocycles. The zero-order chi connectivity index (χ0) is 11.1. The molecule has 0 amide bonds. The first-order valence-electron chi connectivity index (χ1n) is 4.87. The van der Waals surface area contributed by atoms with Crippen LogP contribution in [0, 0.1) is 6.92 Å². The van der Waals surface area contributed by atoms with Crippen molar-refractivity contribution in [1.29, 1.82) is 0 Å². The molecule has 3 aromatic heterocycles. The smallest absolute Gasteiger partial charge is 0.251 e. The molecule has 4 nitrogen and oxygen atoms in total. The predicted molar refractivity (Wildman–Crippen MR) is 63.9 cm³/mol. The van der Waals surface area contributed by atoms with Gasteiger partial charge in [0.25, 0.3) is 5.56 Å². The molecular formula is C11H9N3OS. The van der Waals surface area contributed by atoms with Crippen LogP contribution >= 0.6 is 11.3 Å². The third kappa shape index (κ3) is 1.37. The van der Waals surface area contributed by atoms with Crippen molar-refractivity contribution in [3.05, 3.63) is 45.7 Å². The quantitative estimate of drug-likeness (QED) is 0.697. The third-order valence-electron chi connectivity index (χ3n) is 2.41. The summed E-state index contributed by atoms with van der Waals surface area (Å²) in [6, 6.07) is 7.43. The van der Waals surface area contributed by atoms with Crippen LogP contribution in [0.1, 0.15) is 5.69 Å². The Hall–Kier alpha value is -1.88. The summed E-state index contributed by atoms with van der Waals surface area (Å²) in [6.07, 6.45) is 0. The number of fused-ring (bicyclic) bond motifs is 1. The number of nitrogens with zero attached hydrogens (tertiary/aromatic N) is 2. The van der Waals surface area contributed by atoms with Gasteiger partial charge in [-0.2, -0.15) is 5.10 Å². The molecule has 3 heterocycles. The molecule has 0 fully saturated rings. The fourth-order valence-electron chi connectivity index (χ4n) is 1.70. The van der Waals surface area contributed by atoms with E-state index in [4.69, 9.17) is 0 Å². The number of aromatic nitrogens is 3. The number of hydrogen-bond donors (Lipinski definition) is 1. The second kappa shape index (κ2) is 3.31. The highest BCUT2D eigenvalue weighted by Crippen LogP contribution is 2.23. The number of aromatic amines is 1. The van der Waals surface area contributed by atoms with Crippen LogP contribution in [0.3, 0.4) is 0 Å². The Balaban J connectivity index is 2.31. The monoisotopic (exact) mass is 231 g/mol. The number of H-pyrrole nitrogens is 1. The van der Waals surface area contributed by atoms with E-state index in [9.17, 15) is 4.79 Å². The second-order valence-corrected chi connectivity index (χ2v) is 4.53.